The van der Waals surface area contributed by atoms with E-state index < -0.39 is 0 Å². The number of rotatable bonds is 6. The van der Waals surface area contributed by atoms with Gasteiger partial charge in [0.15, 0.2) is 0 Å². The van der Waals surface area contributed by atoms with Crippen molar-refractivity contribution in [2.24, 2.45) is 0 Å². The van der Waals surface area contributed by atoms with Crippen molar-refractivity contribution in [1.82, 2.24) is 10.2 Å². The van der Waals surface area contributed by atoms with E-state index in [9.17, 15) is 4.39 Å². The van der Waals surface area contributed by atoms with E-state index in [2.05, 4.69) is 45.1 Å². The largest absolute Gasteiger partial charge is 0.312 e. The van der Waals surface area contributed by atoms with Crippen LogP contribution in [0.15, 0.2) is 18.2 Å². The molecule has 0 saturated heterocycles. The number of nitrogens with one attached hydrogen (secondary N) is 1. The molecule has 0 aliphatic rings. The van der Waals surface area contributed by atoms with Crippen LogP contribution in [0.25, 0.3) is 0 Å². The van der Waals surface area contributed by atoms with Gasteiger partial charge in [-0.3, -0.25) is 0 Å². The van der Waals surface area contributed by atoms with Crippen LogP contribution in [0.3, 0.4) is 0 Å². The average molecular weight is 266 g/mol. The predicted molar refractivity (Wildman–Crippen MR) is 80.1 cm³/mol. The quantitative estimate of drug-likeness (QED) is 0.851. The summed E-state index contributed by atoms with van der Waals surface area (Å²) in [6, 6.07) is 5.40. The molecule has 1 rings (SSSR count). The topological polar surface area (TPSA) is 15.3 Å². The van der Waals surface area contributed by atoms with E-state index in [0.717, 1.165) is 18.5 Å². The van der Waals surface area contributed by atoms with Gasteiger partial charge in [-0.2, -0.15) is 0 Å². The summed E-state index contributed by atoms with van der Waals surface area (Å²) in [5, 5.41) is 3.56. The van der Waals surface area contributed by atoms with Crippen molar-refractivity contribution >= 4 is 0 Å². The number of halogens is 1. The molecule has 0 heterocycles. The Balaban J connectivity index is 2.95. The van der Waals surface area contributed by atoms with Crippen molar-refractivity contribution in [2.75, 3.05) is 20.6 Å². The van der Waals surface area contributed by atoms with Gasteiger partial charge >= 0.3 is 0 Å². The van der Waals surface area contributed by atoms with Crippen LogP contribution in [0.5, 0.6) is 0 Å². The molecule has 0 saturated carbocycles. The molecule has 2 nitrogen and oxygen atoms in total. The zero-order valence-corrected chi connectivity index (χ0v) is 13.0. The van der Waals surface area contributed by atoms with E-state index >= 15 is 0 Å². The van der Waals surface area contributed by atoms with Crippen LogP contribution in [0.2, 0.25) is 0 Å². The standard InChI is InChI=1S/C16H27FN2/c1-7-18-15(16(3,4)19(5)6)11-13-8-9-14(17)10-12(13)2/h8-10,15,18H,7,11H2,1-6H3. The predicted octanol–water partition coefficient (Wildman–Crippen LogP) is 2.99. The highest BCUT2D eigenvalue weighted by Crippen LogP contribution is 2.21. The Labute approximate surface area is 117 Å². The van der Waals surface area contributed by atoms with E-state index in [0.29, 0.717) is 6.04 Å². The fourth-order valence-corrected chi connectivity index (χ4v) is 2.24. The summed E-state index contributed by atoms with van der Waals surface area (Å²) in [5.41, 5.74) is 2.27. The molecule has 0 spiro atoms. The maximum absolute atomic E-state index is 13.2. The van der Waals surface area contributed by atoms with Gasteiger partial charge in [-0.25, -0.2) is 4.39 Å². The summed E-state index contributed by atoms with van der Waals surface area (Å²) >= 11 is 0. The van der Waals surface area contributed by atoms with E-state index in [1.165, 1.54) is 5.56 Å². The van der Waals surface area contributed by atoms with E-state index in [4.69, 9.17) is 0 Å². The second kappa shape index (κ2) is 6.49. The molecule has 3 heteroatoms. The van der Waals surface area contributed by atoms with Gasteiger partial charge in [-0.1, -0.05) is 13.0 Å². The molecule has 0 aliphatic carbocycles. The molecule has 0 fully saturated rings. The first-order chi connectivity index (χ1) is 8.78. The van der Waals surface area contributed by atoms with Gasteiger partial charge in [0.25, 0.3) is 0 Å². The lowest BCUT2D eigenvalue weighted by atomic mass is 9.87. The SMILES string of the molecule is CCNC(Cc1ccc(F)cc1C)C(C)(C)N(C)C. The van der Waals surface area contributed by atoms with Crippen molar-refractivity contribution in [3.05, 3.63) is 35.1 Å². The third-order valence-corrected chi connectivity index (χ3v) is 4.18. The number of likely N-dealkylation sites (N-methyl/N-ethyl adjacent to an activating group) is 2. The van der Waals surface area contributed by atoms with Crippen LogP contribution in [-0.4, -0.2) is 37.1 Å². The fourth-order valence-electron chi connectivity index (χ4n) is 2.24. The van der Waals surface area contributed by atoms with Crippen molar-refractivity contribution in [2.45, 2.75) is 45.7 Å². The van der Waals surface area contributed by atoms with Crippen molar-refractivity contribution < 1.29 is 4.39 Å². The number of aryl methyl sites for hydroxylation is 1. The highest BCUT2D eigenvalue weighted by atomic mass is 19.1. The molecule has 108 valence electrons. The smallest absolute Gasteiger partial charge is 0.123 e. The van der Waals surface area contributed by atoms with Gasteiger partial charge in [0.05, 0.1) is 0 Å². The zero-order chi connectivity index (χ0) is 14.6. The summed E-state index contributed by atoms with van der Waals surface area (Å²) in [5.74, 6) is -0.159. The molecule has 1 N–H and O–H groups in total. The van der Waals surface area contributed by atoms with Crippen molar-refractivity contribution in [1.29, 1.82) is 0 Å². The van der Waals surface area contributed by atoms with Crippen molar-refractivity contribution in [3.63, 3.8) is 0 Å². The van der Waals surface area contributed by atoms with E-state index in [-0.39, 0.29) is 11.4 Å². The molecule has 1 aromatic rings. The molecule has 0 amide bonds. The summed E-state index contributed by atoms with van der Waals surface area (Å²) in [6.07, 6.45) is 0.908. The Bertz CT molecular complexity index is 413. The van der Waals surface area contributed by atoms with Gasteiger partial charge < -0.3 is 10.2 Å². The van der Waals surface area contributed by atoms with Gasteiger partial charge in [0, 0.05) is 11.6 Å². The fraction of sp³-hybridized carbons (Fsp3) is 0.625. The highest BCUT2D eigenvalue weighted by molar-refractivity contribution is 5.28. The number of nitrogens with zero attached hydrogens (tertiary/aromatic N) is 1. The monoisotopic (exact) mass is 266 g/mol. The summed E-state index contributed by atoms with van der Waals surface area (Å²) < 4.78 is 13.2. The highest BCUT2D eigenvalue weighted by Gasteiger charge is 2.31. The zero-order valence-electron chi connectivity index (χ0n) is 13.0. The second-order valence-corrected chi connectivity index (χ2v) is 5.93. The van der Waals surface area contributed by atoms with Crippen LogP contribution in [-0.2, 0) is 6.42 Å². The lowest BCUT2D eigenvalue weighted by Gasteiger charge is -2.41. The minimum Gasteiger partial charge on any atom is -0.312 e. The van der Waals surface area contributed by atoms with Crippen LogP contribution in [0, 0.1) is 12.7 Å². The molecule has 0 aromatic heterocycles. The maximum atomic E-state index is 13.2. The molecule has 1 unspecified atom stereocenters. The molecule has 0 aliphatic heterocycles. The van der Waals surface area contributed by atoms with E-state index in [1.807, 2.05) is 13.0 Å². The Hall–Kier alpha value is -0.930. The average Bonchev–Trinajstić information content (AvgIpc) is 2.31. The van der Waals surface area contributed by atoms with Gasteiger partial charge in [0.2, 0.25) is 0 Å². The first-order valence-corrected chi connectivity index (χ1v) is 6.94. The van der Waals surface area contributed by atoms with Gasteiger partial charge in [0.1, 0.15) is 5.82 Å². The Morgan fingerprint density at radius 2 is 1.95 bits per heavy atom. The molecule has 0 bridgehead atoms. The Morgan fingerprint density at radius 3 is 2.42 bits per heavy atom. The Kier molecular flexibility index (Phi) is 5.50. The van der Waals surface area contributed by atoms with Gasteiger partial charge in [-0.15, -0.1) is 0 Å². The third kappa shape index (κ3) is 4.02. The second-order valence-electron chi connectivity index (χ2n) is 5.93. The molecule has 1 aromatic carbocycles. The Morgan fingerprint density at radius 1 is 1.32 bits per heavy atom. The van der Waals surface area contributed by atoms with Crippen molar-refractivity contribution in [3.8, 4) is 0 Å². The minimum atomic E-state index is -0.159. The van der Waals surface area contributed by atoms with Crippen LogP contribution in [0.4, 0.5) is 4.39 Å². The maximum Gasteiger partial charge on any atom is 0.123 e. The van der Waals surface area contributed by atoms with Crippen LogP contribution in [0.1, 0.15) is 31.9 Å². The summed E-state index contributed by atoms with van der Waals surface area (Å²) in [4.78, 5) is 2.24. The third-order valence-electron chi connectivity index (χ3n) is 4.18. The molecule has 1 atom stereocenters. The molecule has 19 heavy (non-hydrogen) atoms. The summed E-state index contributed by atoms with van der Waals surface area (Å²) in [6.45, 7) is 9.50. The first kappa shape index (κ1) is 16.1. The lowest BCUT2D eigenvalue weighted by Crippen LogP contribution is -2.56. The summed E-state index contributed by atoms with van der Waals surface area (Å²) in [7, 11) is 4.20. The molecule has 0 radical (unpaired) electrons. The van der Waals surface area contributed by atoms with Gasteiger partial charge in [-0.05, 0) is 71.1 Å². The lowest BCUT2D eigenvalue weighted by molar-refractivity contribution is 0.138. The number of hydrogen-bond acceptors (Lipinski definition) is 2. The number of hydrogen-bond donors (Lipinski definition) is 1. The first-order valence-electron chi connectivity index (χ1n) is 6.94. The van der Waals surface area contributed by atoms with E-state index in [1.54, 1.807) is 12.1 Å². The molecular weight excluding hydrogens is 239 g/mol. The molecular formula is C16H27FN2. The van der Waals surface area contributed by atoms with Crippen LogP contribution < -0.4 is 5.32 Å². The van der Waals surface area contributed by atoms with Crippen LogP contribution >= 0.6 is 0 Å². The minimum absolute atomic E-state index is 0.0385. The number of benzene rings is 1. The normalized spacial score (nSPS) is 13.9.